The Bertz CT molecular complexity index is 386. The average molecular weight is 208 g/mol. The molecule has 0 N–H and O–H groups in total. The van der Waals surface area contributed by atoms with E-state index in [-0.39, 0.29) is 18.0 Å². The Morgan fingerprint density at radius 2 is 2.00 bits per heavy atom. The van der Waals surface area contributed by atoms with Crippen molar-refractivity contribution in [2.75, 3.05) is 0 Å². The lowest BCUT2D eigenvalue weighted by atomic mass is 9.88. The van der Waals surface area contributed by atoms with Gasteiger partial charge in [-0.2, -0.15) is 0 Å². The fourth-order valence-electron chi connectivity index (χ4n) is 1.12. The summed E-state index contributed by atoms with van der Waals surface area (Å²) in [6, 6.07) is 0. The van der Waals surface area contributed by atoms with E-state index < -0.39 is 5.41 Å². The van der Waals surface area contributed by atoms with Crippen LogP contribution in [0.25, 0.3) is 0 Å². The Hall–Kier alpha value is -1.45. The molecule has 0 saturated heterocycles. The number of hydrogen-bond donors (Lipinski definition) is 0. The summed E-state index contributed by atoms with van der Waals surface area (Å²) >= 11 is 0. The molecule has 15 heavy (non-hydrogen) atoms. The van der Waals surface area contributed by atoms with Crippen LogP contribution in [0.3, 0.4) is 0 Å². The van der Waals surface area contributed by atoms with E-state index in [9.17, 15) is 9.59 Å². The quantitative estimate of drug-likeness (QED) is 0.560. The van der Waals surface area contributed by atoms with Gasteiger partial charge in [-0.15, -0.1) is 0 Å². The maximum atomic E-state index is 11.7. The van der Waals surface area contributed by atoms with Gasteiger partial charge in [-0.1, -0.05) is 20.8 Å². The van der Waals surface area contributed by atoms with Gasteiger partial charge in [0.05, 0.1) is 6.42 Å². The first kappa shape index (κ1) is 11.6. The van der Waals surface area contributed by atoms with Gasteiger partial charge >= 0.3 is 0 Å². The number of imidazole rings is 1. The summed E-state index contributed by atoms with van der Waals surface area (Å²) in [5, 5.41) is 0. The normalized spacial score (nSPS) is 11.5. The van der Waals surface area contributed by atoms with E-state index in [0.717, 1.165) is 0 Å². The van der Waals surface area contributed by atoms with Crippen molar-refractivity contribution in [3.63, 3.8) is 0 Å². The van der Waals surface area contributed by atoms with Gasteiger partial charge in [-0.25, -0.2) is 4.98 Å². The van der Waals surface area contributed by atoms with E-state index in [0.29, 0.717) is 5.82 Å². The molecule has 1 heterocycles. The summed E-state index contributed by atoms with van der Waals surface area (Å²) in [6.07, 6.45) is 3.16. The fraction of sp³-hybridized carbons (Fsp3) is 0.545. The van der Waals surface area contributed by atoms with E-state index in [4.69, 9.17) is 0 Å². The van der Waals surface area contributed by atoms with Gasteiger partial charge in [-0.3, -0.25) is 9.59 Å². The highest BCUT2D eigenvalue weighted by molar-refractivity contribution is 6.07. The zero-order valence-electron chi connectivity index (χ0n) is 9.57. The number of carbonyl (C=O) groups is 2. The summed E-state index contributed by atoms with van der Waals surface area (Å²) in [6.45, 7) is 5.42. The number of Topliss-reactive ketones (excluding diaryl/α,β-unsaturated/α-hetero) is 2. The zero-order chi connectivity index (χ0) is 11.6. The first-order chi connectivity index (χ1) is 6.82. The Labute approximate surface area is 89.3 Å². The van der Waals surface area contributed by atoms with E-state index >= 15 is 0 Å². The minimum Gasteiger partial charge on any atom is -0.332 e. The minimum absolute atomic E-state index is 0.0597. The van der Waals surface area contributed by atoms with Crippen LogP contribution in [-0.2, 0) is 11.8 Å². The predicted molar refractivity (Wildman–Crippen MR) is 56.6 cm³/mol. The molecule has 4 nitrogen and oxygen atoms in total. The molecule has 0 spiro atoms. The largest absolute Gasteiger partial charge is 0.332 e. The highest BCUT2D eigenvalue weighted by Crippen LogP contribution is 2.17. The van der Waals surface area contributed by atoms with Crippen LogP contribution in [0.4, 0.5) is 0 Å². The molecule has 0 unspecified atom stereocenters. The SMILES string of the molecule is Cn1ccnc1C(=O)CC(=O)C(C)(C)C. The summed E-state index contributed by atoms with van der Waals surface area (Å²) < 4.78 is 1.62. The van der Waals surface area contributed by atoms with Gasteiger partial charge in [0.25, 0.3) is 0 Å². The molecule has 0 aliphatic carbocycles. The maximum Gasteiger partial charge on any atom is 0.205 e. The van der Waals surface area contributed by atoms with Crippen LogP contribution >= 0.6 is 0 Å². The molecule has 0 amide bonds. The molecule has 0 saturated carbocycles. The smallest absolute Gasteiger partial charge is 0.205 e. The molecule has 0 bridgehead atoms. The number of nitrogens with zero attached hydrogens (tertiary/aromatic N) is 2. The van der Waals surface area contributed by atoms with E-state index in [1.54, 1.807) is 44.8 Å². The van der Waals surface area contributed by atoms with Crippen molar-refractivity contribution in [2.45, 2.75) is 27.2 Å². The van der Waals surface area contributed by atoms with Crippen LogP contribution in [0.1, 0.15) is 37.8 Å². The highest BCUT2D eigenvalue weighted by Gasteiger charge is 2.25. The van der Waals surface area contributed by atoms with Gasteiger partial charge in [0, 0.05) is 24.9 Å². The predicted octanol–water partition coefficient (Wildman–Crippen LogP) is 1.61. The third-order valence-electron chi connectivity index (χ3n) is 2.23. The Balaban J connectivity index is 2.74. The van der Waals surface area contributed by atoms with Crippen molar-refractivity contribution >= 4 is 11.6 Å². The third kappa shape index (κ3) is 2.75. The van der Waals surface area contributed by atoms with Crippen LogP contribution in [0.2, 0.25) is 0 Å². The summed E-state index contributed by atoms with van der Waals surface area (Å²) in [4.78, 5) is 27.2. The Kier molecular flexibility index (Phi) is 3.07. The third-order valence-corrected chi connectivity index (χ3v) is 2.23. The van der Waals surface area contributed by atoms with Crippen molar-refractivity contribution < 1.29 is 9.59 Å². The number of ketones is 2. The number of rotatable bonds is 3. The van der Waals surface area contributed by atoms with Crippen LogP contribution < -0.4 is 0 Å². The van der Waals surface area contributed by atoms with Gasteiger partial charge in [-0.05, 0) is 0 Å². The van der Waals surface area contributed by atoms with E-state index in [2.05, 4.69) is 4.98 Å². The molecule has 0 aliphatic rings. The van der Waals surface area contributed by atoms with Crippen molar-refractivity contribution in [1.29, 1.82) is 0 Å². The lowest BCUT2D eigenvalue weighted by molar-refractivity contribution is -0.125. The van der Waals surface area contributed by atoms with Gasteiger partial charge in [0.15, 0.2) is 5.82 Å². The lowest BCUT2D eigenvalue weighted by Crippen LogP contribution is -2.24. The van der Waals surface area contributed by atoms with Crippen molar-refractivity contribution in [3.8, 4) is 0 Å². The van der Waals surface area contributed by atoms with Gasteiger partial charge in [0.2, 0.25) is 5.78 Å². The summed E-state index contributed by atoms with van der Waals surface area (Å²) in [7, 11) is 1.74. The van der Waals surface area contributed by atoms with E-state index in [1.807, 2.05) is 0 Å². The molecule has 82 valence electrons. The average Bonchev–Trinajstić information content (AvgIpc) is 2.49. The van der Waals surface area contributed by atoms with Crippen LogP contribution in [0, 0.1) is 5.41 Å². The first-order valence-corrected chi connectivity index (χ1v) is 4.86. The molecule has 1 aromatic rings. The minimum atomic E-state index is -0.471. The number of carbonyl (C=O) groups excluding carboxylic acids is 2. The Morgan fingerprint density at radius 3 is 2.40 bits per heavy atom. The molecule has 0 aromatic carbocycles. The molecule has 0 atom stereocenters. The second kappa shape index (κ2) is 3.96. The molecular formula is C11H16N2O2. The second-order valence-corrected chi connectivity index (χ2v) is 4.63. The van der Waals surface area contributed by atoms with Gasteiger partial charge < -0.3 is 4.57 Å². The molecular weight excluding hydrogens is 192 g/mol. The molecule has 1 rings (SSSR count). The van der Waals surface area contributed by atoms with E-state index in [1.165, 1.54) is 0 Å². The molecule has 0 radical (unpaired) electrons. The van der Waals surface area contributed by atoms with Crippen LogP contribution in [0.15, 0.2) is 12.4 Å². The molecule has 0 fully saturated rings. The maximum absolute atomic E-state index is 11.7. The standard InChI is InChI=1S/C11H16N2O2/c1-11(2,3)9(15)7-8(14)10-12-5-6-13(10)4/h5-6H,7H2,1-4H3. The number of aryl methyl sites for hydroxylation is 1. The molecule has 4 heteroatoms. The number of aromatic nitrogens is 2. The number of hydrogen-bond acceptors (Lipinski definition) is 3. The van der Waals surface area contributed by atoms with Crippen molar-refractivity contribution in [2.24, 2.45) is 12.5 Å². The molecule has 1 aromatic heterocycles. The van der Waals surface area contributed by atoms with Crippen LogP contribution in [0.5, 0.6) is 0 Å². The Morgan fingerprint density at radius 1 is 1.40 bits per heavy atom. The highest BCUT2D eigenvalue weighted by atomic mass is 16.2. The fourth-order valence-corrected chi connectivity index (χ4v) is 1.12. The van der Waals surface area contributed by atoms with Crippen LogP contribution in [-0.4, -0.2) is 21.1 Å². The molecule has 0 aliphatic heterocycles. The summed E-state index contributed by atoms with van der Waals surface area (Å²) in [5.74, 6) is 0.0607. The van der Waals surface area contributed by atoms with Crippen molar-refractivity contribution in [3.05, 3.63) is 18.2 Å². The first-order valence-electron chi connectivity index (χ1n) is 4.86. The second-order valence-electron chi connectivity index (χ2n) is 4.63. The summed E-state index contributed by atoms with van der Waals surface area (Å²) in [5.41, 5.74) is -0.471. The van der Waals surface area contributed by atoms with Crippen molar-refractivity contribution in [1.82, 2.24) is 9.55 Å². The topological polar surface area (TPSA) is 52.0 Å². The lowest BCUT2D eigenvalue weighted by Gasteiger charge is -2.15. The zero-order valence-corrected chi connectivity index (χ0v) is 9.57. The monoisotopic (exact) mass is 208 g/mol. The van der Waals surface area contributed by atoms with Gasteiger partial charge in [0.1, 0.15) is 5.78 Å².